The molecule has 0 aromatic heterocycles. The third kappa shape index (κ3) is 16.0. The molecule has 0 rings (SSSR count). The van der Waals surface area contributed by atoms with Crippen LogP contribution in [0.25, 0.3) is 0 Å². The van der Waals surface area contributed by atoms with Crippen LogP contribution in [0.5, 0.6) is 0 Å². The van der Waals surface area contributed by atoms with Crippen molar-refractivity contribution in [2.24, 2.45) is 5.92 Å². The fraction of sp³-hybridized carbons (Fsp3) is 0.900. The summed E-state index contributed by atoms with van der Waals surface area (Å²) in [5.41, 5.74) is 0. The fourth-order valence-corrected chi connectivity index (χ4v) is 2.64. The Labute approximate surface area is 154 Å². The zero-order valence-electron chi connectivity index (χ0n) is 16.6. The highest BCUT2D eigenvalue weighted by atomic mass is 16.7. The van der Waals surface area contributed by atoms with E-state index in [4.69, 9.17) is 9.47 Å². The van der Waals surface area contributed by atoms with Gasteiger partial charge in [-0.25, -0.2) is 4.79 Å². The summed E-state index contributed by atoms with van der Waals surface area (Å²) in [4.78, 5) is 23.1. The van der Waals surface area contributed by atoms with Gasteiger partial charge in [-0.1, -0.05) is 65.7 Å². The second-order valence-electron chi connectivity index (χ2n) is 6.72. The van der Waals surface area contributed by atoms with Crippen molar-refractivity contribution in [3.05, 3.63) is 0 Å². The zero-order chi connectivity index (χ0) is 18.8. The van der Waals surface area contributed by atoms with Gasteiger partial charge in [0, 0.05) is 6.42 Å². The smallest absolute Gasteiger partial charge is 0.434 e. The number of rotatable bonds is 16. The third-order valence-corrected chi connectivity index (χ3v) is 4.27. The monoisotopic (exact) mass is 357 g/mol. The van der Waals surface area contributed by atoms with E-state index in [1.54, 1.807) is 0 Å². The van der Waals surface area contributed by atoms with E-state index in [1.165, 1.54) is 32.1 Å². The van der Waals surface area contributed by atoms with Crippen LogP contribution < -0.4 is 5.32 Å². The van der Waals surface area contributed by atoms with E-state index in [1.807, 2.05) is 6.92 Å². The van der Waals surface area contributed by atoms with E-state index in [-0.39, 0.29) is 12.5 Å². The average molecular weight is 358 g/mol. The minimum Gasteiger partial charge on any atom is -0.434 e. The molecule has 0 aliphatic heterocycles. The lowest BCUT2D eigenvalue weighted by atomic mass is 9.96. The van der Waals surface area contributed by atoms with E-state index in [2.05, 4.69) is 19.2 Å². The number of hydrogen-bond donors (Lipinski definition) is 1. The van der Waals surface area contributed by atoms with Crippen LogP contribution in [-0.2, 0) is 14.3 Å². The van der Waals surface area contributed by atoms with Crippen LogP contribution in [0.3, 0.4) is 0 Å². The second kappa shape index (κ2) is 17.6. The lowest BCUT2D eigenvalue weighted by Gasteiger charge is -2.16. The highest BCUT2D eigenvalue weighted by Gasteiger charge is 2.12. The van der Waals surface area contributed by atoms with E-state index in [0.717, 1.165) is 32.1 Å². The van der Waals surface area contributed by atoms with E-state index in [0.29, 0.717) is 25.5 Å². The first kappa shape index (κ1) is 23.7. The molecule has 0 heterocycles. The van der Waals surface area contributed by atoms with Gasteiger partial charge in [-0.2, -0.15) is 0 Å². The molecule has 0 fully saturated rings. The molecule has 0 aliphatic rings. The maximum atomic E-state index is 11.7. The summed E-state index contributed by atoms with van der Waals surface area (Å²) in [7, 11) is 0. The van der Waals surface area contributed by atoms with Gasteiger partial charge in [0.15, 0.2) is 0 Å². The van der Waals surface area contributed by atoms with Gasteiger partial charge in [-0.3, -0.25) is 4.79 Å². The quantitative estimate of drug-likeness (QED) is 0.304. The number of carbonyl (C=O) groups excluding carboxylic acids is 2. The largest absolute Gasteiger partial charge is 0.508 e. The van der Waals surface area contributed by atoms with E-state index < -0.39 is 6.16 Å². The lowest BCUT2D eigenvalue weighted by molar-refractivity contribution is -0.121. The molecule has 0 aromatic rings. The van der Waals surface area contributed by atoms with Gasteiger partial charge in [0.1, 0.15) is 6.61 Å². The zero-order valence-corrected chi connectivity index (χ0v) is 16.6. The van der Waals surface area contributed by atoms with Crippen LogP contribution in [0.1, 0.15) is 91.4 Å². The second-order valence-corrected chi connectivity index (χ2v) is 6.72. The Morgan fingerprint density at radius 3 is 2.20 bits per heavy atom. The standard InChI is InChI=1S/C20H39NO4/c1-4-7-10-11-13-18(12-8-5-2)17-25-20(23)24-16-15-21-19(22)14-9-6-3/h18H,4-17H2,1-3H3,(H,21,22). The summed E-state index contributed by atoms with van der Waals surface area (Å²) in [6.45, 7) is 7.37. The Morgan fingerprint density at radius 2 is 1.52 bits per heavy atom. The van der Waals surface area contributed by atoms with Crippen molar-refractivity contribution < 1.29 is 19.1 Å². The first-order valence-corrected chi connectivity index (χ1v) is 10.2. The lowest BCUT2D eigenvalue weighted by Crippen LogP contribution is -2.28. The Balaban J connectivity index is 3.82. The summed E-state index contributed by atoms with van der Waals surface area (Å²) < 4.78 is 10.3. The van der Waals surface area contributed by atoms with Crippen molar-refractivity contribution in [2.45, 2.75) is 91.4 Å². The van der Waals surface area contributed by atoms with Gasteiger partial charge < -0.3 is 14.8 Å². The topological polar surface area (TPSA) is 64.6 Å². The normalized spacial score (nSPS) is 11.8. The van der Waals surface area contributed by atoms with Gasteiger partial charge in [-0.05, 0) is 25.2 Å². The Hall–Kier alpha value is -1.26. The Bertz CT molecular complexity index is 334. The molecule has 0 spiro atoms. The Kier molecular flexibility index (Phi) is 16.7. The molecule has 1 atom stereocenters. The molecule has 0 saturated heterocycles. The van der Waals surface area contributed by atoms with Crippen molar-refractivity contribution in [1.29, 1.82) is 0 Å². The van der Waals surface area contributed by atoms with Crippen molar-refractivity contribution >= 4 is 12.1 Å². The fourth-order valence-electron chi connectivity index (χ4n) is 2.64. The SMILES string of the molecule is CCCCCCC(CCCC)COC(=O)OCCNC(=O)CCCC. The first-order valence-electron chi connectivity index (χ1n) is 10.2. The molecule has 1 N–H and O–H groups in total. The molecular weight excluding hydrogens is 318 g/mol. The Morgan fingerprint density at radius 1 is 0.840 bits per heavy atom. The molecular formula is C20H39NO4. The van der Waals surface area contributed by atoms with Crippen molar-refractivity contribution in [2.75, 3.05) is 19.8 Å². The molecule has 148 valence electrons. The van der Waals surface area contributed by atoms with Crippen molar-refractivity contribution in [1.82, 2.24) is 5.32 Å². The summed E-state index contributed by atoms with van der Waals surface area (Å²) in [5.74, 6) is 0.434. The van der Waals surface area contributed by atoms with Crippen LogP contribution in [0.2, 0.25) is 0 Å². The number of nitrogens with one attached hydrogen (secondary N) is 1. The minimum absolute atomic E-state index is 0.00512. The maximum Gasteiger partial charge on any atom is 0.508 e. The summed E-state index contributed by atoms with van der Waals surface area (Å²) in [6.07, 6.45) is 11.3. The molecule has 0 radical (unpaired) electrons. The summed E-state index contributed by atoms with van der Waals surface area (Å²) in [5, 5.41) is 2.73. The van der Waals surface area contributed by atoms with Crippen LogP contribution in [0.15, 0.2) is 0 Å². The molecule has 0 saturated carbocycles. The minimum atomic E-state index is -0.627. The average Bonchev–Trinajstić information content (AvgIpc) is 2.62. The molecule has 0 aliphatic carbocycles. The van der Waals surface area contributed by atoms with Crippen molar-refractivity contribution in [3.63, 3.8) is 0 Å². The van der Waals surface area contributed by atoms with Gasteiger partial charge >= 0.3 is 6.16 Å². The van der Waals surface area contributed by atoms with Gasteiger partial charge in [0.2, 0.25) is 5.91 Å². The predicted octanol–water partition coefficient (Wildman–Crippen LogP) is 5.22. The number of ether oxygens (including phenoxy) is 2. The molecule has 0 bridgehead atoms. The van der Waals surface area contributed by atoms with E-state index in [9.17, 15) is 9.59 Å². The molecule has 0 aromatic carbocycles. The van der Waals surface area contributed by atoms with Gasteiger partial charge in [0.25, 0.3) is 0 Å². The van der Waals surface area contributed by atoms with Crippen LogP contribution in [0, 0.1) is 5.92 Å². The number of amides is 1. The molecule has 1 unspecified atom stereocenters. The van der Waals surface area contributed by atoms with Gasteiger partial charge in [-0.15, -0.1) is 0 Å². The first-order chi connectivity index (χ1) is 12.1. The highest BCUT2D eigenvalue weighted by Crippen LogP contribution is 2.18. The molecule has 25 heavy (non-hydrogen) atoms. The number of carbonyl (C=O) groups is 2. The summed E-state index contributed by atoms with van der Waals surface area (Å²) >= 11 is 0. The van der Waals surface area contributed by atoms with Crippen LogP contribution in [-0.4, -0.2) is 31.8 Å². The van der Waals surface area contributed by atoms with Crippen LogP contribution in [0.4, 0.5) is 4.79 Å². The van der Waals surface area contributed by atoms with Crippen molar-refractivity contribution in [3.8, 4) is 0 Å². The molecule has 1 amide bonds. The van der Waals surface area contributed by atoms with Gasteiger partial charge in [0.05, 0.1) is 13.2 Å². The molecule has 5 heteroatoms. The predicted molar refractivity (Wildman–Crippen MR) is 102 cm³/mol. The molecule has 5 nitrogen and oxygen atoms in total. The number of unbranched alkanes of at least 4 members (excludes halogenated alkanes) is 5. The van der Waals surface area contributed by atoms with E-state index >= 15 is 0 Å². The number of hydrogen-bond acceptors (Lipinski definition) is 4. The highest BCUT2D eigenvalue weighted by molar-refractivity contribution is 5.75. The van der Waals surface area contributed by atoms with Crippen LogP contribution >= 0.6 is 0 Å². The summed E-state index contributed by atoms with van der Waals surface area (Å²) in [6, 6.07) is 0. The maximum absolute atomic E-state index is 11.7. The third-order valence-electron chi connectivity index (χ3n) is 4.27.